The van der Waals surface area contributed by atoms with Crippen molar-refractivity contribution in [3.8, 4) is 0 Å². The summed E-state index contributed by atoms with van der Waals surface area (Å²) in [5.41, 5.74) is 4.58. The predicted octanol–water partition coefficient (Wildman–Crippen LogP) is 1.73. The zero-order chi connectivity index (χ0) is 16.2. The van der Waals surface area contributed by atoms with Crippen LogP contribution in [0.3, 0.4) is 0 Å². The van der Waals surface area contributed by atoms with Crippen LogP contribution in [0.2, 0.25) is 0 Å². The van der Waals surface area contributed by atoms with Crippen molar-refractivity contribution < 1.29 is 22.7 Å². The van der Waals surface area contributed by atoms with E-state index >= 15 is 0 Å². The van der Waals surface area contributed by atoms with Gasteiger partial charge in [0.15, 0.2) is 0 Å². The Kier molecular flexibility index (Phi) is 5.47. The van der Waals surface area contributed by atoms with Crippen molar-refractivity contribution in [2.75, 3.05) is 25.1 Å². The predicted molar refractivity (Wildman–Crippen MR) is 75.0 cm³/mol. The number of thiocarbonyl (C=S) groups is 1. The number of ether oxygens (including phenoxy) is 1. The van der Waals surface area contributed by atoms with E-state index in [1.54, 1.807) is 6.92 Å². The Bertz CT molecular complexity index is 549. The first-order chi connectivity index (χ1) is 9.70. The summed E-state index contributed by atoms with van der Waals surface area (Å²) < 4.78 is 42.8. The van der Waals surface area contributed by atoms with Crippen molar-refractivity contribution in [1.29, 1.82) is 0 Å². The SMILES string of the molecule is CCN(CC(=O)OC)c1nc(C(F)(F)F)ccc1C(N)=S. The van der Waals surface area contributed by atoms with Gasteiger partial charge in [0.2, 0.25) is 0 Å². The van der Waals surface area contributed by atoms with Gasteiger partial charge in [0, 0.05) is 6.54 Å². The number of halogens is 3. The lowest BCUT2D eigenvalue weighted by molar-refractivity contribution is -0.141. The highest BCUT2D eigenvalue weighted by Gasteiger charge is 2.34. The second-order valence-electron chi connectivity index (χ2n) is 4.02. The summed E-state index contributed by atoms with van der Waals surface area (Å²) in [7, 11) is 1.18. The van der Waals surface area contributed by atoms with Gasteiger partial charge in [-0.2, -0.15) is 13.2 Å². The molecule has 2 N–H and O–H groups in total. The fraction of sp³-hybridized carbons (Fsp3) is 0.417. The zero-order valence-corrected chi connectivity index (χ0v) is 12.2. The maximum absolute atomic E-state index is 12.8. The molecule has 0 aliphatic carbocycles. The minimum atomic E-state index is -4.60. The summed E-state index contributed by atoms with van der Waals surface area (Å²) in [6.07, 6.45) is -4.60. The van der Waals surface area contributed by atoms with Crippen LogP contribution in [0.1, 0.15) is 18.2 Å². The van der Waals surface area contributed by atoms with Gasteiger partial charge < -0.3 is 15.4 Å². The molecule has 0 aliphatic rings. The summed E-state index contributed by atoms with van der Waals surface area (Å²) in [5.74, 6) is -0.699. The van der Waals surface area contributed by atoms with Crippen LogP contribution < -0.4 is 10.6 Å². The number of hydrogen-bond donors (Lipinski definition) is 1. The van der Waals surface area contributed by atoms with Crippen molar-refractivity contribution in [2.45, 2.75) is 13.1 Å². The van der Waals surface area contributed by atoms with E-state index in [0.717, 1.165) is 12.1 Å². The van der Waals surface area contributed by atoms with Gasteiger partial charge >= 0.3 is 12.1 Å². The third kappa shape index (κ3) is 4.28. The number of carbonyl (C=O) groups excluding carboxylic acids is 1. The van der Waals surface area contributed by atoms with Gasteiger partial charge in [-0.05, 0) is 19.1 Å². The quantitative estimate of drug-likeness (QED) is 0.658. The monoisotopic (exact) mass is 321 g/mol. The van der Waals surface area contributed by atoms with Crippen molar-refractivity contribution in [1.82, 2.24) is 4.98 Å². The Balaban J connectivity index is 3.33. The number of carbonyl (C=O) groups is 1. The van der Waals surface area contributed by atoms with Gasteiger partial charge in [0.05, 0.1) is 12.7 Å². The summed E-state index contributed by atoms with van der Waals surface area (Å²) in [5, 5.41) is 0. The second-order valence-corrected chi connectivity index (χ2v) is 4.46. The summed E-state index contributed by atoms with van der Waals surface area (Å²) in [4.78, 5) is 16.1. The highest BCUT2D eigenvalue weighted by Crippen LogP contribution is 2.30. The number of esters is 1. The standard InChI is InChI=1S/C12H14F3N3O2S/c1-3-18(6-9(19)20-2)11-7(10(16)21)4-5-8(17-11)12(13,14)15/h4-5H,3,6H2,1-2H3,(H2,16,21). The molecule has 5 nitrogen and oxygen atoms in total. The molecule has 0 saturated heterocycles. The summed E-state index contributed by atoms with van der Waals surface area (Å²) >= 11 is 4.81. The highest BCUT2D eigenvalue weighted by molar-refractivity contribution is 7.80. The molecule has 0 atom stereocenters. The van der Waals surface area contributed by atoms with Crippen LogP contribution in [-0.2, 0) is 15.7 Å². The first-order valence-corrected chi connectivity index (χ1v) is 6.31. The van der Waals surface area contributed by atoms with Gasteiger partial charge in [-0.3, -0.25) is 4.79 Å². The first-order valence-electron chi connectivity index (χ1n) is 5.90. The number of aromatic nitrogens is 1. The molecule has 1 aromatic heterocycles. The minimum absolute atomic E-state index is 0.0924. The second kappa shape index (κ2) is 6.70. The Morgan fingerprint density at radius 3 is 2.52 bits per heavy atom. The lowest BCUT2D eigenvalue weighted by Crippen LogP contribution is -2.33. The molecule has 0 spiro atoms. The molecule has 9 heteroatoms. The average Bonchev–Trinajstić information content (AvgIpc) is 2.42. The summed E-state index contributed by atoms with van der Waals surface area (Å²) in [6.45, 7) is 1.64. The Labute approximate surface area is 124 Å². The Morgan fingerprint density at radius 1 is 1.48 bits per heavy atom. The number of nitrogens with two attached hydrogens (primary N) is 1. The van der Waals surface area contributed by atoms with Crippen LogP contribution in [0.15, 0.2) is 12.1 Å². The normalized spacial score (nSPS) is 11.1. The molecule has 0 aromatic carbocycles. The molecular weight excluding hydrogens is 307 g/mol. The molecule has 0 aliphatic heterocycles. The fourth-order valence-electron chi connectivity index (χ4n) is 1.60. The maximum atomic E-state index is 12.8. The molecule has 0 unspecified atom stereocenters. The van der Waals surface area contributed by atoms with Gasteiger partial charge in [-0.1, -0.05) is 12.2 Å². The average molecular weight is 321 g/mol. The van der Waals surface area contributed by atoms with E-state index in [0.29, 0.717) is 0 Å². The van der Waals surface area contributed by atoms with Gasteiger partial charge in [0.1, 0.15) is 23.0 Å². The molecule has 0 fully saturated rings. The van der Waals surface area contributed by atoms with Gasteiger partial charge in [-0.25, -0.2) is 4.98 Å². The number of anilines is 1. The third-order valence-corrected chi connectivity index (χ3v) is 2.88. The maximum Gasteiger partial charge on any atom is 0.433 e. The smallest absolute Gasteiger partial charge is 0.433 e. The van der Waals surface area contributed by atoms with Crippen LogP contribution in [0, 0.1) is 0 Å². The molecular formula is C12H14F3N3O2S. The third-order valence-electron chi connectivity index (χ3n) is 2.66. The van der Waals surface area contributed by atoms with Crippen molar-refractivity contribution in [3.63, 3.8) is 0 Å². The Morgan fingerprint density at radius 2 is 2.10 bits per heavy atom. The lowest BCUT2D eigenvalue weighted by Gasteiger charge is -2.23. The molecule has 0 saturated carbocycles. The number of pyridine rings is 1. The number of rotatable bonds is 5. The molecule has 1 rings (SSSR count). The van der Waals surface area contributed by atoms with Gasteiger partial charge in [0.25, 0.3) is 0 Å². The van der Waals surface area contributed by atoms with E-state index in [4.69, 9.17) is 18.0 Å². The van der Waals surface area contributed by atoms with Crippen LogP contribution in [0.25, 0.3) is 0 Å². The number of hydrogen-bond acceptors (Lipinski definition) is 5. The lowest BCUT2D eigenvalue weighted by atomic mass is 10.2. The molecule has 0 radical (unpaired) electrons. The largest absolute Gasteiger partial charge is 0.468 e. The van der Waals surface area contributed by atoms with E-state index in [1.807, 2.05) is 0 Å². The minimum Gasteiger partial charge on any atom is -0.468 e. The molecule has 0 bridgehead atoms. The fourth-order valence-corrected chi connectivity index (χ4v) is 1.76. The topological polar surface area (TPSA) is 68.5 Å². The van der Waals surface area contributed by atoms with Crippen LogP contribution in [0.4, 0.5) is 19.0 Å². The van der Waals surface area contributed by atoms with E-state index in [1.165, 1.54) is 12.0 Å². The van der Waals surface area contributed by atoms with Crippen LogP contribution in [0.5, 0.6) is 0 Å². The number of alkyl halides is 3. The molecule has 116 valence electrons. The number of likely N-dealkylation sites (N-methyl/N-ethyl adjacent to an activating group) is 1. The molecule has 21 heavy (non-hydrogen) atoms. The van der Waals surface area contributed by atoms with Crippen LogP contribution in [-0.4, -0.2) is 36.1 Å². The van der Waals surface area contributed by atoms with E-state index in [2.05, 4.69) is 9.72 Å². The number of methoxy groups -OCH3 is 1. The molecule has 1 aromatic rings. The molecule has 0 amide bonds. The zero-order valence-electron chi connectivity index (χ0n) is 11.4. The van der Waals surface area contributed by atoms with Crippen molar-refractivity contribution >= 4 is 29.0 Å². The van der Waals surface area contributed by atoms with E-state index in [9.17, 15) is 18.0 Å². The number of nitrogens with zero attached hydrogens (tertiary/aromatic N) is 2. The van der Waals surface area contributed by atoms with E-state index < -0.39 is 17.8 Å². The van der Waals surface area contributed by atoms with E-state index in [-0.39, 0.29) is 29.5 Å². The van der Waals surface area contributed by atoms with Crippen molar-refractivity contribution in [3.05, 3.63) is 23.4 Å². The highest BCUT2D eigenvalue weighted by atomic mass is 32.1. The van der Waals surface area contributed by atoms with Crippen molar-refractivity contribution in [2.24, 2.45) is 5.73 Å². The van der Waals surface area contributed by atoms with Crippen LogP contribution >= 0.6 is 12.2 Å². The first kappa shape index (κ1) is 17.2. The Hall–Kier alpha value is -1.90. The summed E-state index contributed by atoms with van der Waals surface area (Å²) in [6, 6.07) is 1.94. The molecule has 1 heterocycles. The van der Waals surface area contributed by atoms with Gasteiger partial charge in [-0.15, -0.1) is 0 Å².